The number of thiol groups is 1. The van der Waals surface area contributed by atoms with E-state index in [-0.39, 0.29) is 11.0 Å². The fraction of sp³-hybridized carbons (Fsp3) is 0.700. The zero-order valence-electron chi connectivity index (χ0n) is 9.73. The maximum Gasteiger partial charge on any atom is 0.159 e. The molecule has 0 aliphatic heterocycles. The number of aryl methyl sites for hydroxylation is 1. The van der Waals surface area contributed by atoms with Gasteiger partial charge in [0.25, 0.3) is 0 Å². The van der Waals surface area contributed by atoms with Crippen LogP contribution in [0.15, 0.2) is 0 Å². The number of thiazole rings is 1. The molecule has 1 aromatic heterocycles. The van der Waals surface area contributed by atoms with Crippen molar-refractivity contribution in [2.24, 2.45) is 0 Å². The lowest BCUT2D eigenvalue weighted by molar-refractivity contribution is 0.586. The summed E-state index contributed by atoms with van der Waals surface area (Å²) in [5.74, 6) is 0.679. The van der Waals surface area contributed by atoms with Gasteiger partial charge in [-0.05, 0) is 20.3 Å². The van der Waals surface area contributed by atoms with Crippen molar-refractivity contribution in [2.75, 3.05) is 0 Å². The van der Waals surface area contributed by atoms with Crippen molar-refractivity contribution in [1.29, 1.82) is 0 Å². The third-order valence-electron chi connectivity index (χ3n) is 2.34. The van der Waals surface area contributed by atoms with Crippen LogP contribution in [0.1, 0.15) is 36.3 Å². The van der Waals surface area contributed by atoms with Gasteiger partial charge in [-0.15, -0.1) is 11.3 Å². The lowest BCUT2D eigenvalue weighted by atomic mass is 10.3. The number of hydrogen-bond donors (Lipinski definition) is 1. The monoisotopic (exact) mass is 279 g/mol. The summed E-state index contributed by atoms with van der Waals surface area (Å²) < 4.78 is 23.5. The first-order chi connectivity index (χ1) is 7.40. The second-order valence-corrected chi connectivity index (χ2v) is 7.89. The first kappa shape index (κ1) is 14.0. The van der Waals surface area contributed by atoms with Gasteiger partial charge in [-0.2, -0.15) is 12.6 Å². The molecule has 0 fully saturated rings. The van der Waals surface area contributed by atoms with Crippen LogP contribution >= 0.6 is 24.0 Å². The Morgan fingerprint density at radius 2 is 2.06 bits per heavy atom. The second kappa shape index (κ2) is 5.51. The van der Waals surface area contributed by atoms with Crippen LogP contribution < -0.4 is 0 Å². The third kappa shape index (κ3) is 3.21. The Morgan fingerprint density at radius 3 is 2.44 bits per heavy atom. The zero-order chi connectivity index (χ0) is 12.3. The van der Waals surface area contributed by atoms with E-state index in [1.807, 2.05) is 6.92 Å². The lowest BCUT2D eigenvalue weighted by Gasteiger charge is -2.04. The smallest absolute Gasteiger partial charge is 0.159 e. The highest BCUT2D eigenvalue weighted by atomic mass is 32.2. The minimum atomic E-state index is -3.05. The Kier molecular flexibility index (Phi) is 4.82. The molecule has 0 saturated heterocycles. The molecule has 1 rings (SSSR count). The van der Waals surface area contributed by atoms with Crippen LogP contribution in [0, 0.1) is 0 Å². The zero-order valence-corrected chi connectivity index (χ0v) is 12.3. The second-order valence-electron chi connectivity index (χ2n) is 3.85. The van der Waals surface area contributed by atoms with E-state index in [4.69, 9.17) is 0 Å². The molecule has 0 aromatic carbocycles. The maximum absolute atomic E-state index is 11.7. The van der Waals surface area contributed by atoms with E-state index in [9.17, 15) is 8.42 Å². The van der Waals surface area contributed by atoms with Crippen molar-refractivity contribution in [2.45, 2.75) is 43.9 Å². The van der Waals surface area contributed by atoms with E-state index in [2.05, 4.69) is 17.6 Å². The van der Waals surface area contributed by atoms with Gasteiger partial charge in [0.1, 0.15) is 10.8 Å². The van der Waals surface area contributed by atoms with E-state index >= 15 is 0 Å². The molecule has 0 radical (unpaired) electrons. The van der Waals surface area contributed by atoms with Crippen molar-refractivity contribution in [3.05, 3.63) is 15.6 Å². The van der Waals surface area contributed by atoms with Gasteiger partial charge in [-0.3, -0.25) is 0 Å². The van der Waals surface area contributed by atoms with Crippen molar-refractivity contribution in [1.82, 2.24) is 4.98 Å². The summed E-state index contributed by atoms with van der Waals surface area (Å²) in [7, 11) is -3.05. The first-order valence-electron chi connectivity index (χ1n) is 5.20. The molecule has 6 heteroatoms. The van der Waals surface area contributed by atoms with Crippen LogP contribution in [0.25, 0.3) is 0 Å². The predicted octanol–water partition coefficient (Wildman–Crippen LogP) is 2.46. The fourth-order valence-electron chi connectivity index (χ4n) is 1.24. The Labute approximate surface area is 107 Å². The van der Waals surface area contributed by atoms with Crippen LogP contribution in [-0.2, 0) is 27.8 Å². The minimum Gasteiger partial charge on any atom is -0.245 e. The van der Waals surface area contributed by atoms with Crippen LogP contribution in [-0.4, -0.2) is 18.7 Å². The van der Waals surface area contributed by atoms with Gasteiger partial charge in [0, 0.05) is 10.6 Å². The molecule has 0 aliphatic rings. The van der Waals surface area contributed by atoms with Gasteiger partial charge < -0.3 is 0 Å². The maximum atomic E-state index is 11.7. The molecular formula is C10H17NO2S3. The molecule has 0 aliphatic carbocycles. The lowest BCUT2D eigenvalue weighted by Crippen LogP contribution is -2.15. The number of rotatable bonds is 5. The van der Waals surface area contributed by atoms with E-state index in [1.165, 1.54) is 11.3 Å². The summed E-state index contributed by atoms with van der Waals surface area (Å²) >= 11 is 5.68. The van der Waals surface area contributed by atoms with Crippen molar-refractivity contribution >= 4 is 33.8 Å². The van der Waals surface area contributed by atoms with E-state index in [0.29, 0.717) is 10.8 Å². The van der Waals surface area contributed by atoms with Gasteiger partial charge in [0.2, 0.25) is 0 Å². The molecule has 16 heavy (non-hydrogen) atoms. The summed E-state index contributed by atoms with van der Waals surface area (Å²) in [4.78, 5) is 5.44. The van der Waals surface area contributed by atoms with Crippen LogP contribution in [0.5, 0.6) is 0 Å². The first-order valence-corrected chi connectivity index (χ1v) is 8.37. The number of aromatic nitrogens is 1. The van der Waals surface area contributed by atoms with Crippen LogP contribution in [0.2, 0.25) is 0 Å². The normalized spacial score (nSPS) is 12.3. The highest BCUT2D eigenvalue weighted by Gasteiger charge is 2.20. The summed E-state index contributed by atoms with van der Waals surface area (Å²) in [5, 5.41) is 0.343. The van der Waals surface area contributed by atoms with E-state index < -0.39 is 9.84 Å². The molecule has 0 atom stereocenters. The summed E-state index contributed by atoms with van der Waals surface area (Å²) in [6.45, 7) is 5.41. The molecular weight excluding hydrogens is 262 g/mol. The molecule has 0 N–H and O–H groups in total. The molecule has 1 aromatic rings. The van der Waals surface area contributed by atoms with Gasteiger partial charge in [0.15, 0.2) is 9.84 Å². The molecule has 1 heterocycles. The Morgan fingerprint density at radius 1 is 1.44 bits per heavy atom. The molecule has 0 bridgehead atoms. The topological polar surface area (TPSA) is 47.0 Å². The molecule has 0 saturated carbocycles. The molecule has 92 valence electrons. The highest BCUT2D eigenvalue weighted by Crippen LogP contribution is 2.23. The molecule has 0 unspecified atom stereocenters. The largest absolute Gasteiger partial charge is 0.245 e. The predicted molar refractivity (Wildman–Crippen MR) is 71.9 cm³/mol. The van der Waals surface area contributed by atoms with Gasteiger partial charge in [0.05, 0.1) is 10.9 Å². The van der Waals surface area contributed by atoms with Crippen LogP contribution in [0.3, 0.4) is 0 Å². The summed E-state index contributed by atoms with van der Waals surface area (Å²) in [5.41, 5.74) is 0.981. The summed E-state index contributed by atoms with van der Waals surface area (Å²) in [6, 6.07) is 0. The standard InChI is InChI=1S/C10H17NO2S3/c1-4-8-9(5-14)15-10(11-8)6-16(12,13)7(2)3/h7,14H,4-6H2,1-3H3. The number of hydrogen-bond acceptors (Lipinski definition) is 5. The molecule has 3 nitrogen and oxygen atoms in total. The quantitative estimate of drug-likeness (QED) is 0.842. The molecule has 0 amide bonds. The Bertz CT molecular complexity index is 427. The Balaban J connectivity index is 2.95. The number of nitrogens with zero attached hydrogens (tertiary/aromatic N) is 1. The average Bonchev–Trinajstić information content (AvgIpc) is 2.59. The fourth-order valence-corrected chi connectivity index (χ4v) is 3.90. The average molecular weight is 279 g/mol. The van der Waals surface area contributed by atoms with Gasteiger partial charge >= 0.3 is 0 Å². The highest BCUT2D eigenvalue weighted by molar-refractivity contribution is 7.91. The SMILES string of the molecule is CCc1nc(CS(=O)(=O)C(C)C)sc1CS. The Hall–Kier alpha value is -0.0700. The van der Waals surface area contributed by atoms with Crippen molar-refractivity contribution in [3.63, 3.8) is 0 Å². The van der Waals surface area contributed by atoms with Crippen molar-refractivity contribution in [3.8, 4) is 0 Å². The van der Waals surface area contributed by atoms with Crippen LogP contribution in [0.4, 0.5) is 0 Å². The third-order valence-corrected chi connectivity index (χ3v) is 6.27. The van der Waals surface area contributed by atoms with E-state index in [1.54, 1.807) is 13.8 Å². The van der Waals surface area contributed by atoms with Gasteiger partial charge in [-0.25, -0.2) is 13.4 Å². The minimum absolute atomic E-state index is 0.0517. The van der Waals surface area contributed by atoms with Gasteiger partial charge in [-0.1, -0.05) is 6.92 Å². The van der Waals surface area contributed by atoms with Crippen molar-refractivity contribution < 1.29 is 8.42 Å². The van der Waals surface area contributed by atoms with E-state index in [0.717, 1.165) is 17.0 Å². The number of sulfone groups is 1. The molecule has 0 spiro atoms. The summed E-state index contributed by atoms with van der Waals surface area (Å²) in [6.07, 6.45) is 0.827.